The lowest BCUT2D eigenvalue weighted by Crippen LogP contribution is -2.44. The molecule has 8 heteroatoms. The van der Waals surface area contributed by atoms with E-state index in [2.05, 4.69) is 20.5 Å². The number of nitrogens with zero attached hydrogens (tertiary/aromatic N) is 3. The van der Waals surface area contributed by atoms with Crippen LogP contribution in [-0.2, 0) is 0 Å². The number of rotatable bonds is 5. The lowest BCUT2D eigenvalue weighted by atomic mass is 10.2. The van der Waals surface area contributed by atoms with Crippen molar-refractivity contribution < 1.29 is 4.79 Å². The zero-order valence-electron chi connectivity index (χ0n) is 14.3. The van der Waals surface area contributed by atoms with E-state index in [1.165, 1.54) is 10.6 Å². The molecule has 0 atom stereocenters. The highest BCUT2D eigenvalue weighted by Crippen LogP contribution is 2.02. The quantitative estimate of drug-likeness (QED) is 0.752. The minimum atomic E-state index is -0.359. The minimum Gasteiger partial charge on any atom is -0.352 e. The predicted octanol–water partition coefficient (Wildman–Crippen LogP) is 0.450. The van der Waals surface area contributed by atoms with Gasteiger partial charge >= 0.3 is 0 Å². The normalized spacial score (nSPS) is 14.9. The van der Waals surface area contributed by atoms with Gasteiger partial charge in [-0.05, 0) is 37.6 Å². The third-order valence-electron chi connectivity index (χ3n) is 4.26. The van der Waals surface area contributed by atoms with Gasteiger partial charge < -0.3 is 15.5 Å². The number of carbonyl (C=O) groups is 1. The van der Waals surface area contributed by atoms with Gasteiger partial charge in [0.2, 0.25) is 0 Å². The summed E-state index contributed by atoms with van der Waals surface area (Å²) in [6, 6.07) is 3.64. The summed E-state index contributed by atoms with van der Waals surface area (Å²) in [5, 5.41) is 6.13. The molecule has 1 aliphatic heterocycles. The fourth-order valence-corrected chi connectivity index (χ4v) is 2.87. The molecule has 0 radical (unpaired) electrons. The van der Waals surface area contributed by atoms with E-state index in [9.17, 15) is 9.59 Å². The zero-order valence-corrected chi connectivity index (χ0v) is 15.1. The van der Waals surface area contributed by atoms with Crippen LogP contribution in [0.4, 0.5) is 0 Å². The van der Waals surface area contributed by atoms with Gasteiger partial charge in [0.05, 0.1) is 0 Å². The Balaban J connectivity index is 0.00000225. The first-order chi connectivity index (χ1) is 11.6. The third-order valence-corrected chi connectivity index (χ3v) is 4.26. The molecule has 2 aromatic heterocycles. The van der Waals surface area contributed by atoms with Crippen molar-refractivity contribution in [1.29, 1.82) is 0 Å². The predicted molar refractivity (Wildman–Crippen MR) is 99.7 cm³/mol. The molecule has 0 saturated carbocycles. The van der Waals surface area contributed by atoms with Gasteiger partial charge in [-0.1, -0.05) is 0 Å². The maximum absolute atomic E-state index is 12.4. The van der Waals surface area contributed by atoms with Crippen LogP contribution in [0.25, 0.3) is 5.65 Å². The molecule has 0 aromatic carbocycles. The van der Waals surface area contributed by atoms with Crippen molar-refractivity contribution in [1.82, 2.24) is 24.9 Å². The summed E-state index contributed by atoms with van der Waals surface area (Å²) in [6.07, 6.45) is 3.89. The van der Waals surface area contributed by atoms with Gasteiger partial charge in [-0.3, -0.25) is 14.0 Å². The van der Waals surface area contributed by atoms with Crippen LogP contribution in [0.1, 0.15) is 22.3 Å². The number of piperazine rings is 1. The second-order valence-electron chi connectivity index (χ2n) is 6.11. The van der Waals surface area contributed by atoms with E-state index in [1.807, 2.05) is 19.1 Å². The summed E-state index contributed by atoms with van der Waals surface area (Å²) < 4.78 is 1.41. The summed E-state index contributed by atoms with van der Waals surface area (Å²) in [7, 11) is 0. The first kappa shape index (κ1) is 19.4. The zero-order chi connectivity index (χ0) is 16.9. The van der Waals surface area contributed by atoms with E-state index in [-0.39, 0.29) is 29.4 Å². The standard InChI is InChI=1S/C17H23N5O2.ClH/c1-13-3-8-22-15(11-13)20-12-14(17(22)24)16(23)19-4-2-7-21-9-5-18-6-10-21;/h3,8,11-12,18H,2,4-7,9-10H2,1H3,(H,19,23);1H. The summed E-state index contributed by atoms with van der Waals surface area (Å²) in [6.45, 7) is 7.57. The topological polar surface area (TPSA) is 78.7 Å². The SMILES string of the molecule is Cc1ccn2c(=O)c(C(=O)NCCCN3CCNCC3)cnc2c1.Cl. The highest BCUT2D eigenvalue weighted by molar-refractivity contribution is 5.93. The molecule has 0 aliphatic carbocycles. The summed E-state index contributed by atoms with van der Waals surface area (Å²) in [5.41, 5.74) is 1.32. The maximum Gasteiger partial charge on any atom is 0.270 e. The van der Waals surface area contributed by atoms with E-state index in [1.54, 1.807) is 6.20 Å². The smallest absolute Gasteiger partial charge is 0.270 e. The van der Waals surface area contributed by atoms with E-state index >= 15 is 0 Å². The molecule has 1 amide bonds. The number of amides is 1. The first-order valence-corrected chi connectivity index (χ1v) is 8.34. The van der Waals surface area contributed by atoms with E-state index in [0.29, 0.717) is 12.2 Å². The number of pyridine rings is 1. The van der Waals surface area contributed by atoms with Gasteiger partial charge in [-0.15, -0.1) is 12.4 Å². The van der Waals surface area contributed by atoms with Crippen LogP contribution >= 0.6 is 12.4 Å². The molecule has 0 spiro atoms. The second kappa shape index (κ2) is 8.94. The van der Waals surface area contributed by atoms with Crippen molar-refractivity contribution in [2.45, 2.75) is 13.3 Å². The maximum atomic E-state index is 12.4. The van der Waals surface area contributed by atoms with Crippen LogP contribution in [-0.4, -0.2) is 59.5 Å². The summed E-state index contributed by atoms with van der Waals surface area (Å²) in [5.74, 6) is -0.359. The minimum absolute atomic E-state index is 0. The Morgan fingerprint density at radius 1 is 1.36 bits per heavy atom. The third kappa shape index (κ3) is 4.78. The molecular weight excluding hydrogens is 342 g/mol. The number of carbonyl (C=O) groups excluding carboxylic acids is 1. The van der Waals surface area contributed by atoms with E-state index < -0.39 is 0 Å². The Labute approximate surface area is 152 Å². The average Bonchev–Trinajstić information content (AvgIpc) is 2.59. The highest BCUT2D eigenvalue weighted by Gasteiger charge is 2.13. The Morgan fingerprint density at radius 3 is 2.88 bits per heavy atom. The number of hydrogen-bond acceptors (Lipinski definition) is 5. The van der Waals surface area contributed by atoms with Crippen molar-refractivity contribution in [2.24, 2.45) is 0 Å². The Kier molecular flexibility index (Phi) is 6.92. The largest absolute Gasteiger partial charge is 0.352 e. The molecule has 0 bridgehead atoms. The van der Waals surface area contributed by atoms with E-state index in [0.717, 1.165) is 44.7 Å². The van der Waals surface area contributed by atoms with Gasteiger partial charge in [0, 0.05) is 45.1 Å². The van der Waals surface area contributed by atoms with E-state index in [4.69, 9.17) is 0 Å². The number of hydrogen-bond donors (Lipinski definition) is 2. The summed E-state index contributed by atoms with van der Waals surface area (Å²) >= 11 is 0. The molecule has 136 valence electrons. The Morgan fingerprint density at radius 2 is 2.12 bits per heavy atom. The Hall–Kier alpha value is -1.96. The van der Waals surface area contributed by atoms with Crippen LogP contribution in [0, 0.1) is 6.92 Å². The van der Waals surface area contributed by atoms with Crippen LogP contribution in [0.5, 0.6) is 0 Å². The molecule has 1 fully saturated rings. The number of aryl methyl sites for hydroxylation is 1. The molecule has 2 aromatic rings. The van der Waals surface area contributed by atoms with Crippen molar-refractivity contribution in [3.05, 3.63) is 46.0 Å². The monoisotopic (exact) mass is 365 g/mol. The number of halogens is 1. The second-order valence-corrected chi connectivity index (χ2v) is 6.11. The summed E-state index contributed by atoms with van der Waals surface area (Å²) in [4.78, 5) is 31.2. The molecule has 0 unspecified atom stereocenters. The molecule has 25 heavy (non-hydrogen) atoms. The van der Waals surface area contributed by atoms with Gasteiger partial charge in [0.25, 0.3) is 11.5 Å². The lowest BCUT2D eigenvalue weighted by Gasteiger charge is -2.27. The first-order valence-electron chi connectivity index (χ1n) is 8.34. The van der Waals surface area contributed by atoms with Crippen LogP contribution in [0.3, 0.4) is 0 Å². The molecule has 7 nitrogen and oxygen atoms in total. The molecule has 3 rings (SSSR count). The van der Waals surface area contributed by atoms with Crippen molar-refractivity contribution in [3.63, 3.8) is 0 Å². The van der Waals surface area contributed by atoms with Crippen LogP contribution in [0.2, 0.25) is 0 Å². The van der Waals surface area contributed by atoms with Crippen LogP contribution < -0.4 is 16.2 Å². The van der Waals surface area contributed by atoms with Gasteiger partial charge in [-0.25, -0.2) is 4.98 Å². The molecule has 3 heterocycles. The van der Waals surface area contributed by atoms with Gasteiger partial charge in [-0.2, -0.15) is 0 Å². The van der Waals surface area contributed by atoms with Gasteiger partial charge in [0.1, 0.15) is 11.2 Å². The Bertz CT molecular complexity index is 786. The highest BCUT2D eigenvalue weighted by atomic mass is 35.5. The van der Waals surface area contributed by atoms with Crippen molar-refractivity contribution >= 4 is 24.0 Å². The van der Waals surface area contributed by atoms with Crippen molar-refractivity contribution in [2.75, 3.05) is 39.3 Å². The number of fused-ring (bicyclic) bond motifs is 1. The lowest BCUT2D eigenvalue weighted by molar-refractivity contribution is 0.0949. The fraction of sp³-hybridized carbons (Fsp3) is 0.471. The van der Waals surface area contributed by atoms with Crippen LogP contribution in [0.15, 0.2) is 29.3 Å². The van der Waals surface area contributed by atoms with Crippen molar-refractivity contribution in [3.8, 4) is 0 Å². The molecular formula is C17H24ClN5O2. The average molecular weight is 366 g/mol. The molecule has 1 aliphatic rings. The number of aromatic nitrogens is 2. The number of nitrogens with one attached hydrogen (secondary N) is 2. The molecule has 2 N–H and O–H groups in total. The molecule has 1 saturated heterocycles. The fourth-order valence-electron chi connectivity index (χ4n) is 2.87. The van der Waals surface area contributed by atoms with Gasteiger partial charge in [0.15, 0.2) is 0 Å².